The summed E-state index contributed by atoms with van der Waals surface area (Å²) in [4.78, 5) is 29.1. The van der Waals surface area contributed by atoms with Gasteiger partial charge in [-0.2, -0.15) is 0 Å². The predicted molar refractivity (Wildman–Crippen MR) is 109 cm³/mol. The van der Waals surface area contributed by atoms with Crippen molar-refractivity contribution >= 4 is 12.0 Å². The van der Waals surface area contributed by atoms with Crippen LogP contribution in [0.15, 0.2) is 0 Å². The quantitative estimate of drug-likeness (QED) is 0.751. The summed E-state index contributed by atoms with van der Waals surface area (Å²) < 4.78 is 5.21. The number of hydrogen-bond donors (Lipinski definition) is 1. The zero-order valence-electron chi connectivity index (χ0n) is 17.5. The maximum atomic E-state index is 12.6. The average molecular weight is 390 g/mol. The lowest BCUT2D eigenvalue weighted by Crippen LogP contribution is -2.54. The van der Waals surface area contributed by atoms with E-state index in [9.17, 15) is 9.59 Å². The number of rotatable bonds is 4. The van der Waals surface area contributed by atoms with E-state index in [0.717, 1.165) is 71.1 Å². The second-order valence-corrected chi connectivity index (χ2v) is 8.77. The Balaban J connectivity index is 1.41. The summed E-state index contributed by atoms with van der Waals surface area (Å²) in [5.74, 6) is 5.92. The van der Waals surface area contributed by atoms with Crippen LogP contribution in [0.1, 0.15) is 65.2 Å². The molecule has 6 nitrogen and oxygen atoms in total. The fourth-order valence-electron chi connectivity index (χ4n) is 4.65. The highest BCUT2D eigenvalue weighted by Crippen LogP contribution is 2.32. The van der Waals surface area contributed by atoms with E-state index in [4.69, 9.17) is 4.74 Å². The van der Waals surface area contributed by atoms with Crippen LogP contribution in [0.25, 0.3) is 0 Å². The van der Waals surface area contributed by atoms with Crippen molar-refractivity contribution in [1.29, 1.82) is 0 Å². The highest BCUT2D eigenvalue weighted by Gasteiger charge is 2.36. The standard InChI is InChI=1S/C22H35N3O3/c1-3-4-17-28-21(27)25-13-5-7-19(10-16-25)24-14-8-18(9-15-24)20(26)23-22(2)11-6-12-22/h18-19H,5-17H2,1-2H3,(H,23,26). The fraction of sp³-hybridized carbons (Fsp3) is 0.818. The number of carbonyl (C=O) groups excluding carboxylic acids is 2. The Bertz CT molecular complexity index is 612. The van der Waals surface area contributed by atoms with Crippen molar-refractivity contribution in [3.8, 4) is 11.8 Å². The van der Waals surface area contributed by atoms with Crippen LogP contribution >= 0.6 is 0 Å². The number of carbonyl (C=O) groups is 2. The summed E-state index contributed by atoms with van der Waals surface area (Å²) in [6.45, 7) is 7.54. The molecule has 156 valence electrons. The number of nitrogens with one attached hydrogen (secondary N) is 1. The van der Waals surface area contributed by atoms with Crippen LogP contribution in [0.4, 0.5) is 4.79 Å². The monoisotopic (exact) mass is 389 g/mol. The molecule has 1 N–H and O–H groups in total. The first-order chi connectivity index (χ1) is 13.5. The Kier molecular flexibility index (Phi) is 7.23. The first kappa shape index (κ1) is 21.0. The van der Waals surface area contributed by atoms with Gasteiger partial charge in [0.2, 0.25) is 5.91 Å². The largest absolute Gasteiger partial charge is 0.436 e. The third-order valence-electron chi connectivity index (χ3n) is 6.70. The number of hydrogen-bond acceptors (Lipinski definition) is 4. The van der Waals surface area contributed by atoms with Crippen molar-refractivity contribution in [1.82, 2.24) is 15.1 Å². The Hall–Kier alpha value is -1.74. The molecule has 2 amide bonds. The van der Waals surface area contributed by atoms with Gasteiger partial charge in [-0.1, -0.05) is 5.92 Å². The van der Waals surface area contributed by atoms with Gasteiger partial charge in [0.25, 0.3) is 0 Å². The molecule has 0 bridgehead atoms. The summed E-state index contributed by atoms with van der Waals surface area (Å²) >= 11 is 0. The molecule has 0 radical (unpaired) electrons. The summed E-state index contributed by atoms with van der Waals surface area (Å²) in [5, 5.41) is 3.28. The number of likely N-dealkylation sites (tertiary alicyclic amines) is 2. The molecule has 3 fully saturated rings. The first-order valence-electron chi connectivity index (χ1n) is 10.9. The van der Waals surface area contributed by atoms with Crippen LogP contribution in [0.3, 0.4) is 0 Å². The van der Waals surface area contributed by atoms with E-state index in [1.165, 1.54) is 6.42 Å². The van der Waals surface area contributed by atoms with Crippen molar-refractivity contribution in [2.75, 3.05) is 32.8 Å². The minimum absolute atomic E-state index is 0.0519. The van der Waals surface area contributed by atoms with E-state index in [-0.39, 0.29) is 30.1 Å². The third kappa shape index (κ3) is 5.41. The third-order valence-corrected chi connectivity index (χ3v) is 6.70. The molecule has 1 atom stereocenters. The maximum Gasteiger partial charge on any atom is 0.410 e. The fourth-order valence-corrected chi connectivity index (χ4v) is 4.65. The van der Waals surface area contributed by atoms with Crippen LogP contribution < -0.4 is 5.32 Å². The topological polar surface area (TPSA) is 61.9 Å². The molecule has 3 aliphatic rings. The molecule has 1 saturated carbocycles. The summed E-state index contributed by atoms with van der Waals surface area (Å²) in [5.41, 5.74) is 0.0519. The summed E-state index contributed by atoms with van der Waals surface area (Å²) in [6, 6.07) is 0.501. The number of nitrogens with zero attached hydrogens (tertiary/aromatic N) is 2. The summed E-state index contributed by atoms with van der Waals surface area (Å²) in [6.07, 6.45) is 8.18. The zero-order valence-corrected chi connectivity index (χ0v) is 17.5. The van der Waals surface area contributed by atoms with E-state index in [2.05, 4.69) is 29.0 Å². The van der Waals surface area contributed by atoms with Crippen LogP contribution in [0, 0.1) is 17.8 Å². The van der Waals surface area contributed by atoms with Gasteiger partial charge >= 0.3 is 6.09 Å². The predicted octanol–water partition coefficient (Wildman–Crippen LogP) is 2.77. The van der Waals surface area contributed by atoms with E-state index in [1.54, 1.807) is 6.92 Å². The first-order valence-corrected chi connectivity index (χ1v) is 10.9. The summed E-state index contributed by atoms with van der Waals surface area (Å²) in [7, 11) is 0. The molecule has 6 heteroatoms. The lowest BCUT2D eigenvalue weighted by atomic mass is 9.78. The van der Waals surface area contributed by atoms with Gasteiger partial charge in [0, 0.05) is 30.6 Å². The molecule has 0 aromatic carbocycles. The molecule has 2 aliphatic heterocycles. The molecular formula is C22H35N3O3. The zero-order chi connectivity index (χ0) is 20.0. The van der Waals surface area contributed by atoms with Gasteiger partial charge in [0.15, 0.2) is 6.61 Å². The highest BCUT2D eigenvalue weighted by molar-refractivity contribution is 5.79. The molecule has 1 aliphatic carbocycles. The molecular weight excluding hydrogens is 354 g/mol. The minimum Gasteiger partial charge on any atom is -0.436 e. The average Bonchev–Trinajstić information content (AvgIpc) is 2.93. The van der Waals surface area contributed by atoms with Crippen molar-refractivity contribution in [3.63, 3.8) is 0 Å². The van der Waals surface area contributed by atoms with Gasteiger partial charge in [0.05, 0.1) is 0 Å². The molecule has 1 unspecified atom stereocenters. The van der Waals surface area contributed by atoms with Crippen molar-refractivity contribution in [3.05, 3.63) is 0 Å². The normalized spacial score (nSPS) is 25.6. The van der Waals surface area contributed by atoms with Gasteiger partial charge in [-0.3, -0.25) is 4.79 Å². The molecule has 2 saturated heterocycles. The molecule has 28 heavy (non-hydrogen) atoms. The lowest BCUT2D eigenvalue weighted by Gasteiger charge is -2.42. The Morgan fingerprint density at radius 2 is 1.82 bits per heavy atom. The van der Waals surface area contributed by atoms with Crippen LogP contribution in [0.5, 0.6) is 0 Å². The van der Waals surface area contributed by atoms with Gasteiger partial charge in [-0.15, -0.1) is 5.92 Å². The molecule has 0 aromatic rings. The van der Waals surface area contributed by atoms with E-state index in [1.807, 2.05) is 4.90 Å². The van der Waals surface area contributed by atoms with E-state index < -0.39 is 0 Å². The van der Waals surface area contributed by atoms with Crippen LogP contribution in [-0.2, 0) is 9.53 Å². The second kappa shape index (κ2) is 9.65. The Morgan fingerprint density at radius 3 is 2.46 bits per heavy atom. The lowest BCUT2D eigenvalue weighted by molar-refractivity contribution is -0.129. The highest BCUT2D eigenvalue weighted by atomic mass is 16.6. The molecule has 3 rings (SSSR count). The number of piperidine rings is 1. The van der Waals surface area contributed by atoms with Crippen molar-refractivity contribution in [2.45, 2.75) is 76.8 Å². The Labute approximate surface area is 169 Å². The Morgan fingerprint density at radius 1 is 1.07 bits per heavy atom. The smallest absolute Gasteiger partial charge is 0.410 e. The number of ether oxygens (including phenoxy) is 1. The minimum atomic E-state index is -0.247. The SMILES string of the molecule is CC#CCOC(=O)N1CCCC(N2CCC(C(=O)NC3(C)CCC3)CC2)CC1. The van der Waals surface area contributed by atoms with Crippen molar-refractivity contribution in [2.24, 2.45) is 5.92 Å². The maximum absolute atomic E-state index is 12.6. The number of amides is 2. The van der Waals surface area contributed by atoms with E-state index in [0.29, 0.717) is 6.04 Å². The van der Waals surface area contributed by atoms with E-state index >= 15 is 0 Å². The van der Waals surface area contributed by atoms with Gasteiger partial charge in [-0.05, 0) is 78.3 Å². The van der Waals surface area contributed by atoms with Crippen LogP contribution in [0.2, 0.25) is 0 Å². The molecule has 2 heterocycles. The van der Waals surface area contributed by atoms with Gasteiger partial charge < -0.3 is 19.9 Å². The second-order valence-electron chi connectivity index (χ2n) is 8.77. The molecule has 0 aromatic heterocycles. The molecule has 0 spiro atoms. The van der Waals surface area contributed by atoms with Gasteiger partial charge in [-0.25, -0.2) is 4.79 Å². The van der Waals surface area contributed by atoms with Gasteiger partial charge in [0.1, 0.15) is 0 Å². The van der Waals surface area contributed by atoms with Crippen LogP contribution in [-0.4, -0.2) is 66.2 Å². The van der Waals surface area contributed by atoms with Crippen molar-refractivity contribution < 1.29 is 14.3 Å².